The molecule has 1 amide bonds. The maximum Gasteiger partial charge on any atom is 0.267 e. The summed E-state index contributed by atoms with van der Waals surface area (Å²) in [5.41, 5.74) is 6.11. The minimum Gasteiger partial charge on any atom is -0.320 e. The molecule has 2 rings (SSSR count). The lowest BCUT2D eigenvalue weighted by Crippen LogP contribution is -2.12. The van der Waals surface area contributed by atoms with E-state index in [1.807, 2.05) is 0 Å². The van der Waals surface area contributed by atoms with Crippen molar-refractivity contribution < 1.29 is 9.18 Å². The lowest BCUT2D eigenvalue weighted by Gasteiger charge is -2.06. The number of carbonyl (C=O) groups excluding carboxylic acids is 1. The minimum absolute atomic E-state index is 0.215. The summed E-state index contributed by atoms with van der Waals surface area (Å²) < 4.78 is 13.1. The number of hydrogen-bond acceptors (Lipinski definition) is 3. The van der Waals surface area contributed by atoms with Gasteiger partial charge in [0.25, 0.3) is 5.91 Å². The summed E-state index contributed by atoms with van der Waals surface area (Å²) in [6, 6.07) is 5.51. The van der Waals surface area contributed by atoms with E-state index >= 15 is 0 Å². The number of nitrogens with two attached hydrogens (primary N) is 1. The third-order valence-electron chi connectivity index (χ3n) is 2.37. The van der Waals surface area contributed by atoms with Crippen molar-refractivity contribution >= 4 is 34.5 Å². The maximum absolute atomic E-state index is 13.1. The number of halogens is 2. The fourth-order valence-corrected chi connectivity index (χ4v) is 2.41. The summed E-state index contributed by atoms with van der Waals surface area (Å²) >= 11 is 7.15. The average molecular weight is 309 g/mol. The SMILES string of the molecule is NCC#Cc1ccsc1C(=O)Nc1cc(F)ccc1Cl. The fourth-order valence-electron chi connectivity index (χ4n) is 1.50. The van der Waals surface area contributed by atoms with Crippen molar-refractivity contribution in [1.29, 1.82) is 0 Å². The molecule has 102 valence electrons. The molecule has 3 N–H and O–H groups in total. The monoisotopic (exact) mass is 308 g/mol. The van der Waals surface area contributed by atoms with Crippen LogP contribution >= 0.6 is 22.9 Å². The first-order chi connectivity index (χ1) is 9.61. The van der Waals surface area contributed by atoms with Crippen LogP contribution in [0.4, 0.5) is 10.1 Å². The molecule has 0 bridgehead atoms. The maximum atomic E-state index is 13.1. The highest BCUT2D eigenvalue weighted by atomic mass is 35.5. The Labute approximate surface area is 124 Å². The molecule has 20 heavy (non-hydrogen) atoms. The Morgan fingerprint density at radius 3 is 3.00 bits per heavy atom. The van der Waals surface area contributed by atoms with Gasteiger partial charge < -0.3 is 11.1 Å². The number of benzene rings is 1. The van der Waals surface area contributed by atoms with E-state index in [4.69, 9.17) is 17.3 Å². The molecule has 0 spiro atoms. The van der Waals surface area contributed by atoms with Gasteiger partial charge in [-0.25, -0.2) is 4.39 Å². The summed E-state index contributed by atoms with van der Waals surface area (Å²) in [5, 5.41) is 4.59. The predicted molar refractivity (Wildman–Crippen MR) is 79.6 cm³/mol. The number of anilines is 1. The molecule has 0 aliphatic carbocycles. The van der Waals surface area contributed by atoms with Crippen LogP contribution in [0.3, 0.4) is 0 Å². The Morgan fingerprint density at radius 2 is 2.25 bits per heavy atom. The van der Waals surface area contributed by atoms with E-state index in [2.05, 4.69) is 17.2 Å². The number of amides is 1. The topological polar surface area (TPSA) is 55.1 Å². The number of nitrogens with one attached hydrogen (secondary N) is 1. The molecule has 0 atom stereocenters. The molecular formula is C14H10ClFN2OS. The van der Waals surface area contributed by atoms with Crippen molar-refractivity contribution in [3.05, 3.63) is 50.9 Å². The van der Waals surface area contributed by atoms with E-state index in [-0.39, 0.29) is 23.2 Å². The number of carbonyl (C=O) groups is 1. The molecule has 0 saturated heterocycles. The van der Waals surface area contributed by atoms with Crippen LogP contribution in [0.15, 0.2) is 29.6 Å². The van der Waals surface area contributed by atoms with Crippen molar-refractivity contribution in [2.24, 2.45) is 5.73 Å². The van der Waals surface area contributed by atoms with Crippen LogP contribution < -0.4 is 11.1 Å². The van der Waals surface area contributed by atoms with Crippen molar-refractivity contribution in [3.8, 4) is 11.8 Å². The molecular weight excluding hydrogens is 299 g/mol. The molecule has 0 radical (unpaired) electrons. The average Bonchev–Trinajstić information content (AvgIpc) is 2.89. The lowest BCUT2D eigenvalue weighted by molar-refractivity contribution is 0.103. The second-order valence-electron chi connectivity index (χ2n) is 3.75. The third-order valence-corrected chi connectivity index (χ3v) is 3.62. The summed E-state index contributed by atoms with van der Waals surface area (Å²) in [5.74, 6) is 4.65. The van der Waals surface area contributed by atoms with E-state index in [0.29, 0.717) is 10.4 Å². The molecule has 2 aromatic rings. The van der Waals surface area contributed by atoms with Gasteiger partial charge in [-0.3, -0.25) is 4.79 Å². The van der Waals surface area contributed by atoms with Crippen molar-refractivity contribution in [2.75, 3.05) is 11.9 Å². The largest absolute Gasteiger partial charge is 0.320 e. The van der Waals surface area contributed by atoms with Crippen LogP contribution in [-0.2, 0) is 0 Å². The zero-order valence-electron chi connectivity index (χ0n) is 10.2. The van der Waals surface area contributed by atoms with Gasteiger partial charge in [0.1, 0.15) is 10.7 Å². The number of rotatable bonds is 2. The van der Waals surface area contributed by atoms with Crippen molar-refractivity contribution in [3.63, 3.8) is 0 Å². The summed E-state index contributed by atoms with van der Waals surface area (Å²) in [4.78, 5) is 12.6. The number of hydrogen-bond donors (Lipinski definition) is 2. The molecule has 0 fully saturated rings. The van der Waals surface area contributed by atoms with Gasteiger partial charge in [-0.05, 0) is 29.6 Å². The quantitative estimate of drug-likeness (QED) is 0.838. The van der Waals surface area contributed by atoms with Gasteiger partial charge in [-0.15, -0.1) is 11.3 Å². The summed E-state index contributed by atoms with van der Waals surface area (Å²) in [7, 11) is 0. The van der Waals surface area contributed by atoms with Crippen LogP contribution in [0.2, 0.25) is 5.02 Å². The van der Waals surface area contributed by atoms with Gasteiger partial charge >= 0.3 is 0 Å². The van der Waals surface area contributed by atoms with E-state index in [1.54, 1.807) is 11.4 Å². The van der Waals surface area contributed by atoms with Gasteiger partial charge in [0, 0.05) is 5.56 Å². The number of thiophene rings is 1. The normalized spacial score (nSPS) is 9.75. The molecule has 0 aliphatic heterocycles. The lowest BCUT2D eigenvalue weighted by atomic mass is 10.2. The van der Waals surface area contributed by atoms with E-state index < -0.39 is 5.82 Å². The van der Waals surface area contributed by atoms with Crippen molar-refractivity contribution in [1.82, 2.24) is 0 Å². The van der Waals surface area contributed by atoms with Crippen LogP contribution in [0.5, 0.6) is 0 Å². The molecule has 6 heteroatoms. The van der Waals surface area contributed by atoms with Gasteiger partial charge in [0.05, 0.1) is 17.3 Å². The standard InChI is InChI=1S/C14H10ClFN2OS/c15-11-4-3-10(16)8-12(11)18-14(19)13-9(2-1-6-17)5-7-20-13/h3-5,7-8H,6,17H2,(H,18,19). The molecule has 1 aromatic carbocycles. The summed E-state index contributed by atoms with van der Waals surface area (Å²) in [6.07, 6.45) is 0. The highest BCUT2D eigenvalue weighted by Gasteiger charge is 2.14. The van der Waals surface area contributed by atoms with Crippen molar-refractivity contribution in [2.45, 2.75) is 0 Å². The zero-order chi connectivity index (χ0) is 14.5. The zero-order valence-corrected chi connectivity index (χ0v) is 11.8. The third kappa shape index (κ3) is 3.36. The first kappa shape index (κ1) is 14.5. The highest BCUT2D eigenvalue weighted by Crippen LogP contribution is 2.24. The second kappa shape index (κ2) is 6.53. The second-order valence-corrected chi connectivity index (χ2v) is 5.07. The predicted octanol–water partition coefficient (Wildman–Crippen LogP) is 3.10. The molecule has 0 aliphatic rings. The molecule has 3 nitrogen and oxygen atoms in total. The molecule has 1 aromatic heterocycles. The fraction of sp³-hybridized carbons (Fsp3) is 0.0714. The molecule has 0 saturated carbocycles. The van der Waals surface area contributed by atoms with Gasteiger partial charge in [0.15, 0.2) is 0 Å². The van der Waals surface area contributed by atoms with Crippen LogP contribution in [0.1, 0.15) is 15.2 Å². The van der Waals surface area contributed by atoms with Crippen LogP contribution in [0, 0.1) is 17.7 Å². The Bertz CT molecular complexity index is 703. The first-order valence-electron chi connectivity index (χ1n) is 5.64. The van der Waals surface area contributed by atoms with E-state index in [9.17, 15) is 9.18 Å². The van der Waals surface area contributed by atoms with E-state index in [0.717, 1.165) is 0 Å². The smallest absolute Gasteiger partial charge is 0.267 e. The first-order valence-corrected chi connectivity index (χ1v) is 6.90. The Hall–Kier alpha value is -1.87. The molecule has 0 unspecified atom stereocenters. The summed E-state index contributed by atoms with van der Waals surface area (Å²) in [6.45, 7) is 0.215. The Kier molecular flexibility index (Phi) is 4.74. The molecule has 1 heterocycles. The van der Waals surface area contributed by atoms with E-state index in [1.165, 1.54) is 29.5 Å². The van der Waals surface area contributed by atoms with Gasteiger partial charge in [-0.1, -0.05) is 23.4 Å². The Balaban J connectivity index is 2.24. The minimum atomic E-state index is -0.473. The van der Waals surface area contributed by atoms with Crippen LogP contribution in [-0.4, -0.2) is 12.5 Å². The van der Waals surface area contributed by atoms with Crippen LogP contribution in [0.25, 0.3) is 0 Å². The van der Waals surface area contributed by atoms with Gasteiger partial charge in [-0.2, -0.15) is 0 Å². The Morgan fingerprint density at radius 1 is 1.45 bits per heavy atom. The highest BCUT2D eigenvalue weighted by molar-refractivity contribution is 7.12. The van der Waals surface area contributed by atoms with Gasteiger partial charge in [0.2, 0.25) is 0 Å².